The van der Waals surface area contributed by atoms with Gasteiger partial charge in [0.1, 0.15) is 5.82 Å². The van der Waals surface area contributed by atoms with Crippen molar-refractivity contribution in [1.82, 2.24) is 19.8 Å². The van der Waals surface area contributed by atoms with Crippen LogP contribution in [-0.4, -0.2) is 65.1 Å². The number of aromatic nitrogens is 2. The van der Waals surface area contributed by atoms with E-state index >= 15 is 0 Å². The van der Waals surface area contributed by atoms with E-state index in [1.165, 1.54) is 5.56 Å². The quantitative estimate of drug-likeness (QED) is 0.613. The van der Waals surface area contributed by atoms with Gasteiger partial charge >= 0.3 is 0 Å². The fraction of sp³-hybridized carbons (Fsp3) is 0.435. The third-order valence-electron chi connectivity index (χ3n) is 5.64. The Hall–Kier alpha value is -2.25. The number of nitrogens with zero attached hydrogens (tertiary/aromatic N) is 3. The van der Waals surface area contributed by atoms with Crippen LogP contribution in [0.1, 0.15) is 17.4 Å². The number of hydrogen-bond donors (Lipinski definition) is 2. The van der Waals surface area contributed by atoms with E-state index in [9.17, 15) is 5.11 Å². The summed E-state index contributed by atoms with van der Waals surface area (Å²) in [5, 5.41) is 14.2. The van der Waals surface area contributed by atoms with Crippen molar-refractivity contribution in [2.45, 2.75) is 18.6 Å². The summed E-state index contributed by atoms with van der Waals surface area (Å²) in [6.07, 6.45) is 0.346. The van der Waals surface area contributed by atoms with E-state index in [1.54, 1.807) is 0 Å². The standard InChI is InChI=1S/C23H30N4O2/c1-26-22-10-6-5-9-20(22)25-23(26)15-21(18-7-3-2-4-8-18)24-16-19(28)17-27-11-13-29-14-12-27/h2-10,19,21,24,28H,11-17H2,1H3/t19-,21-/m0/s1. The maximum absolute atomic E-state index is 10.6. The van der Waals surface area contributed by atoms with Crippen molar-refractivity contribution in [1.29, 1.82) is 0 Å². The number of fused-ring (bicyclic) bond motifs is 1. The molecule has 1 saturated heterocycles. The lowest BCUT2D eigenvalue weighted by atomic mass is 10.0. The van der Waals surface area contributed by atoms with Crippen LogP contribution in [0.3, 0.4) is 0 Å². The molecule has 1 fully saturated rings. The second-order valence-corrected chi connectivity index (χ2v) is 7.72. The summed E-state index contributed by atoms with van der Waals surface area (Å²) >= 11 is 0. The largest absolute Gasteiger partial charge is 0.390 e. The number of nitrogens with one attached hydrogen (secondary N) is 1. The second kappa shape index (κ2) is 9.50. The number of imidazole rings is 1. The zero-order chi connectivity index (χ0) is 20.1. The molecule has 0 amide bonds. The van der Waals surface area contributed by atoms with Crippen molar-refractivity contribution in [2.24, 2.45) is 7.05 Å². The fourth-order valence-corrected chi connectivity index (χ4v) is 3.98. The molecule has 0 bridgehead atoms. The number of ether oxygens (including phenoxy) is 1. The highest BCUT2D eigenvalue weighted by Crippen LogP contribution is 2.21. The predicted octanol–water partition coefficient (Wildman–Crippen LogP) is 2.14. The fourth-order valence-electron chi connectivity index (χ4n) is 3.98. The molecule has 4 rings (SSSR count). The first-order valence-corrected chi connectivity index (χ1v) is 10.4. The summed E-state index contributed by atoms with van der Waals surface area (Å²) in [7, 11) is 2.07. The zero-order valence-electron chi connectivity index (χ0n) is 17.0. The molecule has 6 heteroatoms. The summed E-state index contributed by atoms with van der Waals surface area (Å²) in [6.45, 7) is 4.49. The van der Waals surface area contributed by atoms with Crippen molar-refractivity contribution in [3.63, 3.8) is 0 Å². The first-order chi connectivity index (χ1) is 14.2. The monoisotopic (exact) mass is 394 g/mol. The van der Waals surface area contributed by atoms with Gasteiger partial charge in [0.15, 0.2) is 0 Å². The van der Waals surface area contributed by atoms with Crippen LogP contribution in [0.4, 0.5) is 0 Å². The SMILES string of the molecule is Cn1c(C[C@H](NC[C@H](O)CN2CCOCC2)c2ccccc2)nc2ccccc21. The molecule has 0 unspecified atom stereocenters. The molecule has 1 aromatic heterocycles. The van der Waals surface area contributed by atoms with Crippen molar-refractivity contribution in [3.05, 3.63) is 66.0 Å². The Kier molecular flexibility index (Phi) is 6.56. The lowest BCUT2D eigenvalue weighted by Crippen LogP contribution is -2.44. The van der Waals surface area contributed by atoms with E-state index in [-0.39, 0.29) is 6.04 Å². The highest BCUT2D eigenvalue weighted by atomic mass is 16.5. The summed E-state index contributed by atoms with van der Waals surface area (Å²) in [5.41, 5.74) is 3.36. The van der Waals surface area contributed by atoms with E-state index in [4.69, 9.17) is 9.72 Å². The van der Waals surface area contributed by atoms with Crippen molar-refractivity contribution in [2.75, 3.05) is 39.4 Å². The summed E-state index contributed by atoms with van der Waals surface area (Å²) in [4.78, 5) is 7.10. The molecule has 2 atom stereocenters. The second-order valence-electron chi connectivity index (χ2n) is 7.72. The van der Waals surface area contributed by atoms with E-state index < -0.39 is 6.10 Å². The molecule has 0 saturated carbocycles. The van der Waals surface area contributed by atoms with Gasteiger partial charge in [-0.3, -0.25) is 4.90 Å². The Morgan fingerprint density at radius 3 is 2.55 bits per heavy atom. The van der Waals surface area contributed by atoms with E-state index in [0.717, 1.165) is 49.6 Å². The van der Waals surface area contributed by atoms with E-state index in [1.807, 2.05) is 18.2 Å². The molecule has 0 spiro atoms. The predicted molar refractivity (Wildman–Crippen MR) is 115 cm³/mol. The minimum absolute atomic E-state index is 0.0889. The molecule has 6 nitrogen and oxygen atoms in total. The number of hydrogen-bond acceptors (Lipinski definition) is 5. The van der Waals surface area contributed by atoms with Gasteiger partial charge in [-0.1, -0.05) is 42.5 Å². The number of rotatable bonds is 8. The van der Waals surface area contributed by atoms with E-state index in [2.05, 4.69) is 58.2 Å². The number of benzene rings is 2. The maximum Gasteiger partial charge on any atom is 0.111 e. The zero-order valence-corrected chi connectivity index (χ0v) is 17.0. The molecule has 2 N–H and O–H groups in total. The number of aliphatic hydroxyl groups excluding tert-OH is 1. The Labute approximate surface area is 172 Å². The highest BCUT2D eigenvalue weighted by molar-refractivity contribution is 5.75. The first-order valence-electron chi connectivity index (χ1n) is 10.4. The van der Waals surface area contributed by atoms with Gasteiger partial charge in [-0.15, -0.1) is 0 Å². The topological polar surface area (TPSA) is 62.5 Å². The van der Waals surface area contributed by atoms with Crippen molar-refractivity contribution >= 4 is 11.0 Å². The van der Waals surface area contributed by atoms with Gasteiger partial charge in [0, 0.05) is 45.7 Å². The molecule has 3 aromatic rings. The molecule has 2 aromatic carbocycles. The number of aryl methyl sites for hydroxylation is 1. The average molecular weight is 395 g/mol. The van der Waals surface area contributed by atoms with Crippen LogP contribution < -0.4 is 5.32 Å². The van der Waals surface area contributed by atoms with Crippen LogP contribution >= 0.6 is 0 Å². The van der Waals surface area contributed by atoms with Crippen LogP contribution in [0, 0.1) is 0 Å². The molecule has 1 aliphatic rings. The summed E-state index contributed by atoms with van der Waals surface area (Å²) in [5.74, 6) is 1.04. The molecule has 29 heavy (non-hydrogen) atoms. The van der Waals surface area contributed by atoms with Gasteiger partial charge in [-0.2, -0.15) is 0 Å². The van der Waals surface area contributed by atoms with Crippen LogP contribution in [0.5, 0.6) is 0 Å². The minimum atomic E-state index is -0.417. The lowest BCUT2D eigenvalue weighted by Gasteiger charge is -2.29. The van der Waals surface area contributed by atoms with Crippen LogP contribution in [0.25, 0.3) is 11.0 Å². The van der Waals surface area contributed by atoms with Gasteiger partial charge in [-0.05, 0) is 17.7 Å². The van der Waals surface area contributed by atoms with Crippen molar-refractivity contribution < 1.29 is 9.84 Å². The smallest absolute Gasteiger partial charge is 0.111 e. The minimum Gasteiger partial charge on any atom is -0.390 e. The summed E-state index contributed by atoms with van der Waals surface area (Å²) < 4.78 is 7.56. The molecule has 154 valence electrons. The van der Waals surface area contributed by atoms with Gasteiger partial charge < -0.3 is 19.7 Å². The number of para-hydroxylation sites is 2. The third-order valence-corrected chi connectivity index (χ3v) is 5.64. The molecular formula is C23H30N4O2. The number of morpholine rings is 1. The third kappa shape index (κ3) is 5.03. The molecule has 0 aliphatic carbocycles. The normalized spacial score (nSPS) is 17.4. The highest BCUT2D eigenvalue weighted by Gasteiger charge is 2.19. The van der Waals surface area contributed by atoms with Crippen LogP contribution in [-0.2, 0) is 18.2 Å². The number of aliphatic hydroxyl groups is 1. The van der Waals surface area contributed by atoms with E-state index in [0.29, 0.717) is 13.1 Å². The van der Waals surface area contributed by atoms with Gasteiger partial charge in [0.2, 0.25) is 0 Å². The Bertz CT molecular complexity index is 906. The van der Waals surface area contributed by atoms with Crippen LogP contribution in [0.2, 0.25) is 0 Å². The lowest BCUT2D eigenvalue weighted by molar-refractivity contribution is 0.0144. The van der Waals surface area contributed by atoms with Crippen molar-refractivity contribution in [3.8, 4) is 0 Å². The number of β-amino-alcohol motifs (C(OH)–C–C–N with tert-alkyl or cyclic N) is 1. The maximum atomic E-state index is 10.6. The van der Waals surface area contributed by atoms with Gasteiger partial charge in [0.05, 0.1) is 30.4 Å². The van der Waals surface area contributed by atoms with Crippen LogP contribution in [0.15, 0.2) is 54.6 Å². The van der Waals surface area contributed by atoms with Gasteiger partial charge in [0.25, 0.3) is 0 Å². The average Bonchev–Trinajstić information content (AvgIpc) is 3.08. The molecule has 0 radical (unpaired) electrons. The van der Waals surface area contributed by atoms with Gasteiger partial charge in [-0.25, -0.2) is 4.98 Å². The Morgan fingerprint density at radius 1 is 1.07 bits per heavy atom. The molecular weight excluding hydrogens is 364 g/mol. The Morgan fingerprint density at radius 2 is 1.79 bits per heavy atom. The first kappa shape index (κ1) is 20.0. The Balaban J connectivity index is 1.45. The molecule has 2 heterocycles. The summed E-state index contributed by atoms with van der Waals surface area (Å²) in [6, 6.07) is 18.7. The molecule has 1 aliphatic heterocycles.